The average molecular weight is 337 g/mol. The summed E-state index contributed by atoms with van der Waals surface area (Å²) in [7, 11) is 5.70. The van der Waals surface area contributed by atoms with Crippen LogP contribution in [0.1, 0.15) is 12.8 Å². The van der Waals surface area contributed by atoms with E-state index in [0.29, 0.717) is 6.04 Å². The molecule has 1 atom stereocenters. The summed E-state index contributed by atoms with van der Waals surface area (Å²) >= 11 is 6.24. The van der Waals surface area contributed by atoms with Gasteiger partial charge in [0, 0.05) is 29.8 Å². The van der Waals surface area contributed by atoms with E-state index in [-0.39, 0.29) is 9.92 Å². The van der Waals surface area contributed by atoms with Gasteiger partial charge in [0.15, 0.2) is 0 Å². The molecule has 0 N–H and O–H groups in total. The van der Waals surface area contributed by atoms with Crippen LogP contribution < -0.4 is 4.90 Å². The Morgan fingerprint density at radius 1 is 1.35 bits per heavy atom. The predicted molar refractivity (Wildman–Crippen MR) is 83.4 cm³/mol. The second-order valence-electron chi connectivity index (χ2n) is 5.23. The molecule has 1 aromatic rings. The van der Waals surface area contributed by atoms with Gasteiger partial charge in [-0.1, -0.05) is 17.7 Å². The van der Waals surface area contributed by atoms with Crippen molar-refractivity contribution in [2.24, 2.45) is 0 Å². The normalized spacial score (nSPS) is 20.4. The van der Waals surface area contributed by atoms with Gasteiger partial charge in [-0.05, 0) is 39.1 Å². The van der Waals surface area contributed by atoms with Gasteiger partial charge in [-0.25, -0.2) is 8.42 Å². The summed E-state index contributed by atoms with van der Waals surface area (Å²) in [6, 6.07) is 5.39. The van der Waals surface area contributed by atoms with E-state index in [2.05, 4.69) is 23.9 Å². The molecule has 0 aliphatic carbocycles. The van der Waals surface area contributed by atoms with Crippen molar-refractivity contribution >= 4 is 37.0 Å². The molecule has 0 aromatic heterocycles. The van der Waals surface area contributed by atoms with E-state index in [1.807, 2.05) is 6.07 Å². The van der Waals surface area contributed by atoms with Crippen LogP contribution in [-0.2, 0) is 9.05 Å². The van der Waals surface area contributed by atoms with Crippen LogP contribution in [0.4, 0.5) is 5.69 Å². The zero-order valence-corrected chi connectivity index (χ0v) is 13.8. The number of halogens is 2. The summed E-state index contributed by atoms with van der Waals surface area (Å²) in [6.45, 7) is 1.70. The molecule has 1 aliphatic rings. The van der Waals surface area contributed by atoms with Crippen molar-refractivity contribution in [1.29, 1.82) is 0 Å². The van der Waals surface area contributed by atoms with Crippen molar-refractivity contribution in [1.82, 2.24) is 4.90 Å². The molecule has 0 radical (unpaired) electrons. The molecule has 20 heavy (non-hydrogen) atoms. The highest BCUT2D eigenvalue weighted by atomic mass is 35.7. The number of piperidine rings is 1. The van der Waals surface area contributed by atoms with Crippen LogP contribution in [-0.4, -0.2) is 46.5 Å². The lowest BCUT2D eigenvalue weighted by atomic mass is 10.0. The Morgan fingerprint density at radius 2 is 2.05 bits per heavy atom. The molecule has 0 bridgehead atoms. The zero-order chi connectivity index (χ0) is 14.9. The zero-order valence-electron chi connectivity index (χ0n) is 11.5. The van der Waals surface area contributed by atoms with Crippen molar-refractivity contribution in [2.75, 3.05) is 32.1 Å². The maximum Gasteiger partial charge on any atom is 0.262 e. The average Bonchev–Trinajstić information content (AvgIpc) is 2.37. The van der Waals surface area contributed by atoms with E-state index >= 15 is 0 Å². The molecule has 1 aliphatic heterocycles. The fourth-order valence-corrected chi connectivity index (χ4v) is 4.14. The molecule has 112 valence electrons. The summed E-state index contributed by atoms with van der Waals surface area (Å²) in [5, 5.41) is 0.210. The highest BCUT2D eigenvalue weighted by molar-refractivity contribution is 8.13. The minimum atomic E-state index is -3.82. The van der Waals surface area contributed by atoms with Crippen molar-refractivity contribution < 1.29 is 8.42 Å². The fourth-order valence-electron chi connectivity index (χ4n) is 2.53. The second-order valence-corrected chi connectivity index (χ2v) is 8.15. The third kappa shape index (κ3) is 3.39. The highest BCUT2D eigenvalue weighted by Crippen LogP contribution is 2.35. The van der Waals surface area contributed by atoms with Gasteiger partial charge in [0.05, 0.1) is 10.7 Å². The third-order valence-corrected chi connectivity index (χ3v) is 5.55. The molecule has 0 amide bonds. The molecule has 2 rings (SSSR count). The quantitative estimate of drug-likeness (QED) is 0.796. The molecule has 0 saturated carbocycles. The molecule has 7 heteroatoms. The molecular formula is C13H18Cl2N2O2S. The standard InChI is InChI=1S/C13H18Cl2N2O2S/c1-16(2)10-5-4-8-17(9-10)11-6-3-7-12(13(11)14)20(15,18)19/h3,6-7,10H,4-5,8-9H2,1-2H3/t10-/m0/s1. The first-order valence-corrected chi connectivity index (χ1v) is 9.14. The Morgan fingerprint density at radius 3 is 2.65 bits per heavy atom. The molecular weight excluding hydrogens is 319 g/mol. The molecule has 1 fully saturated rings. The van der Waals surface area contributed by atoms with Crippen molar-refractivity contribution in [3.8, 4) is 0 Å². The number of likely N-dealkylation sites (N-methyl/N-ethyl adjacent to an activating group) is 1. The van der Waals surface area contributed by atoms with Crippen LogP contribution in [0.5, 0.6) is 0 Å². The van der Waals surface area contributed by atoms with Gasteiger partial charge in [-0.2, -0.15) is 0 Å². The topological polar surface area (TPSA) is 40.6 Å². The Hall–Kier alpha value is -0.490. The number of nitrogens with zero attached hydrogens (tertiary/aromatic N) is 2. The molecule has 1 aromatic carbocycles. The van der Waals surface area contributed by atoms with Crippen molar-refractivity contribution in [3.63, 3.8) is 0 Å². The van der Waals surface area contributed by atoms with Crippen LogP contribution in [0.3, 0.4) is 0 Å². The van der Waals surface area contributed by atoms with Gasteiger partial charge < -0.3 is 9.80 Å². The van der Waals surface area contributed by atoms with E-state index in [1.54, 1.807) is 6.07 Å². The largest absolute Gasteiger partial charge is 0.369 e. The number of benzene rings is 1. The van der Waals surface area contributed by atoms with Crippen molar-refractivity contribution in [2.45, 2.75) is 23.8 Å². The van der Waals surface area contributed by atoms with Crippen LogP contribution in [0.15, 0.2) is 23.1 Å². The molecule has 1 heterocycles. The van der Waals surface area contributed by atoms with Gasteiger partial charge in [0.25, 0.3) is 9.05 Å². The maximum atomic E-state index is 11.5. The number of anilines is 1. The van der Waals surface area contributed by atoms with Gasteiger partial charge in [-0.3, -0.25) is 0 Å². The summed E-state index contributed by atoms with van der Waals surface area (Å²) in [5.41, 5.74) is 0.736. The van der Waals surface area contributed by atoms with E-state index in [9.17, 15) is 8.42 Å². The van der Waals surface area contributed by atoms with Gasteiger partial charge in [0.1, 0.15) is 4.90 Å². The lowest BCUT2D eigenvalue weighted by molar-refractivity contribution is 0.258. The maximum absolute atomic E-state index is 11.5. The minimum Gasteiger partial charge on any atom is -0.369 e. The first kappa shape index (κ1) is 15.9. The summed E-state index contributed by atoms with van der Waals surface area (Å²) in [4.78, 5) is 4.29. The van der Waals surface area contributed by atoms with Gasteiger partial charge >= 0.3 is 0 Å². The lowest BCUT2D eigenvalue weighted by Gasteiger charge is -2.38. The monoisotopic (exact) mass is 336 g/mol. The van der Waals surface area contributed by atoms with Gasteiger partial charge in [0.2, 0.25) is 0 Å². The Balaban J connectivity index is 2.34. The van der Waals surface area contributed by atoms with Crippen LogP contribution >= 0.6 is 22.3 Å². The van der Waals surface area contributed by atoms with Crippen LogP contribution in [0.2, 0.25) is 5.02 Å². The molecule has 0 spiro atoms. The Labute approximate surface area is 129 Å². The molecule has 4 nitrogen and oxygen atoms in total. The first-order chi connectivity index (χ1) is 9.30. The smallest absolute Gasteiger partial charge is 0.262 e. The minimum absolute atomic E-state index is 0.0229. The van der Waals surface area contributed by atoms with Crippen molar-refractivity contribution in [3.05, 3.63) is 23.2 Å². The van der Waals surface area contributed by atoms with E-state index in [1.165, 1.54) is 6.07 Å². The molecule has 1 saturated heterocycles. The summed E-state index contributed by atoms with van der Waals surface area (Å²) < 4.78 is 23.0. The summed E-state index contributed by atoms with van der Waals surface area (Å²) in [5.74, 6) is 0. The fraction of sp³-hybridized carbons (Fsp3) is 0.538. The molecule has 0 unspecified atom stereocenters. The highest BCUT2D eigenvalue weighted by Gasteiger charge is 2.25. The number of rotatable bonds is 3. The number of hydrogen-bond acceptors (Lipinski definition) is 4. The predicted octanol–water partition coefficient (Wildman–Crippen LogP) is 2.80. The lowest BCUT2D eigenvalue weighted by Crippen LogP contribution is -2.45. The van der Waals surface area contributed by atoms with E-state index < -0.39 is 9.05 Å². The number of hydrogen-bond donors (Lipinski definition) is 0. The van der Waals surface area contributed by atoms with Crippen LogP contribution in [0.25, 0.3) is 0 Å². The van der Waals surface area contributed by atoms with E-state index in [4.69, 9.17) is 22.3 Å². The van der Waals surface area contributed by atoms with Crippen LogP contribution in [0, 0.1) is 0 Å². The third-order valence-electron chi connectivity index (χ3n) is 3.67. The second kappa shape index (κ2) is 6.10. The van der Waals surface area contributed by atoms with Gasteiger partial charge in [-0.15, -0.1) is 0 Å². The SMILES string of the molecule is CN(C)[C@H]1CCCN(c2cccc(S(=O)(=O)Cl)c2Cl)C1. The first-order valence-electron chi connectivity index (χ1n) is 6.45. The summed E-state index contributed by atoms with van der Waals surface area (Å²) in [6.07, 6.45) is 2.19. The Kier molecular flexibility index (Phi) is 4.84. The van der Waals surface area contributed by atoms with E-state index in [0.717, 1.165) is 31.6 Å². The Bertz CT molecular complexity index is 590.